The lowest BCUT2D eigenvalue weighted by Crippen LogP contribution is -2.26. The zero-order chi connectivity index (χ0) is 27.4. The van der Waals surface area contributed by atoms with Crippen LogP contribution in [0, 0.1) is 0 Å². The van der Waals surface area contributed by atoms with Crippen LogP contribution in [0.25, 0.3) is 56.0 Å². The maximum Gasteiger partial charge on any atom is 0.145 e. The minimum Gasteiger partial charge on any atom is -0.292 e. The van der Waals surface area contributed by atoms with E-state index in [0.717, 1.165) is 35.3 Å². The van der Waals surface area contributed by atoms with Crippen molar-refractivity contribution in [3.63, 3.8) is 0 Å². The molecule has 3 aliphatic rings. The highest BCUT2D eigenvalue weighted by Crippen LogP contribution is 2.64. The van der Waals surface area contributed by atoms with Gasteiger partial charge in [-0.15, -0.1) is 0 Å². The largest absolute Gasteiger partial charge is 0.292 e. The summed E-state index contributed by atoms with van der Waals surface area (Å²) >= 11 is 0. The standard InChI is InChI=1S/C39H25N3/c1-2-12-25-24(11-1)21-22-40-38(25)42-33-20-10-6-16-29(33)35-34(42)23-41-37-28-15-5-9-19-32(28)39(36(35)37)30-17-7-3-13-26(30)27-14-4-8-18-31(27)39/h1-5,7-15,17-23H,6,16H2. The number of allylic oxidation sites excluding steroid dienone is 1. The van der Waals surface area contributed by atoms with Crippen molar-refractivity contribution in [1.29, 1.82) is 0 Å². The van der Waals surface area contributed by atoms with Gasteiger partial charge in [-0.25, -0.2) is 4.98 Å². The van der Waals surface area contributed by atoms with E-state index in [2.05, 4.69) is 126 Å². The van der Waals surface area contributed by atoms with Crippen molar-refractivity contribution in [2.75, 3.05) is 0 Å². The van der Waals surface area contributed by atoms with Crippen LogP contribution in [0.2, 0.25) is 0 Å². The monoisotopic (exact) mass is 535 g/mol. The van der Waals surface area contributed by atoms with Crippen molar-refractivity contribution in [1.82, 2.24) is 14.5 Å². The van der Waals surface area contributed by atoms with E-state index in [1.807, 2.05) is 6.20 Å². The lowest BCUT2D eigenvalue weighted by Gasteiger charge is -2.31. The van der Waals surface area contributed by atoms with Gasteiger partial charge in [0, 0.05) is 28.1 Å². The minimum absolute atomic E-state index is 0.432. The first-order valence-corrected chi connectivity index (χ1v) is 14.7. The molecule has 3 aromatic heterocycles. The molecule has 0 saturated carbocycles. The Morgan fingerprint density at radius 1 is 0.667 bits per heavy atom. The van der Waals surface area contributed by atoms with Gasteiger partial charge in [0.15, 0.2) is 0 Å². The fraction of sp³-hybridized carbons (Fsp3) is 0.0769. The number of hydrogen-bond acceptors (Lipinski definition) is 2. The van der Waals surface area contributed by atoms with Crippen LogP contribution in [0.5, 0.6) is 0 Å². The molecule has 0 saturated heterocycles. The second kappa shape index (κ2) is 7.92. The number of aryl methyl sites for hydroxylation is 1. The molecule has 1 spiro atoms. The Labute approximate surface area is 243 Å². The average Bonchev–Trinajstić information content (AvgIpc) is 3.66. The summed E-state index contributed by atoms with van der Waals surface area (Å²) in [7, 11) is 0. The van der Waals surface area contributed by atoms with E-state index in [1.165, 1.54) is 61.0 Å². The summed E-state index contributed by atoms with van der Waals surface area (Å²) < 4.78 is 2.37. The summed E-state index contributed by atoms with van der Waals surface area (Å²) in [5.74, 6) is 0.962. The second-order valence-corrected chi connectivity index (χ2v) is 11.6. The van der Waals surface area contributed by atoms with Crippen LogP contribution in [0.1, 0.15) is 39.9 Å². The van der Waals surface area contributed by atoms with E-state index in [1.54, 1.807) is 0 Å². The third kappa shape index (κ3) is 2.54. The van der Waals surface area contributed by atoms with Gasteiger partial charge < -0.3 is 0 Å². The van der Waals surface area contributed by atoms with Gasteiger partial charge in [-0.3, -0.25) is 9.55 Å². The summed E-state index contributed by atoms with van der Waals surface area (Å²) in [6.45, 7) is 0. The van der Waals surface area contributed by atoms with E-state index in [-0.39, 0.29) is 0 Å². The molecule has 4 aromatic carbocycles. The van der Waals surface area contributed by atoms with Gasteiger partial charge in [-0.05, 0) is 63.8 Å². The molecule has 3 heteroatoms. The third-order valence-corrected chi connectivity index (χ3v) is 9.77. The molecule has 0 fully saturated rings. The summed E-state index contributed by atoms with van der Waals surface area (Å²) in [4.78, 5) is 10.3. The average molecular weight is 536 g/mol. The van der Waals surface area contributed by atoms with E-state index >= 15 is 0 Å². The molecule has 3 nitrogen and oxygen atoms in total. The van der Waals surface area contributed by atoms with Crippen molar-refractivity contribution in [2.24, 2.45) is 0 Å². The molecule has 0 bridgehead atoms. The van der Waals surface area contributed by atoms with Crippen molar-refractivity contribution in [3.05, 3.63) is 155 Å². The van der Waals surface area contributed by atoms with Gasteiger partial charge in [0.1, 0.15) is 5.82 Å². The van der Waals surface area contributed by atoms with Crippen LogP contribution < -0.4 is 0 Å². The van der Waals surface area contributed by atoms with Gasteiger partial charge >= 0.3 is 0 Å². The first kappa shape index (κ1) is 22.4. The highest BCUT2D eigenvalue weighted by molar-refractivity contribution is 6.05. The Bertz CT molecular complexity index is 2250. The van der Waals surface area contributed by atoms with Crippen molar-refractivity contribution >= 4 is 27.8 Å². The zero-order valence-corrected chi connectivity index (χ0v) is 22.9. The van der Waals surface area contributed by atoms with Gasteiger partial charge in [-0.2, -0.15) is 0 Å². The fourth-order valence-electron chi connectivity index (χ4n) is 8.25. The number of rotatable bonds is 1. The lowest BCUT2D eigenvalue weighted by atomic mass is 9.69. The number of nitrogens with zero attached hydrogens (tertiary/aromatic N) is 3. The predicted molar refractivity (Wildman–Crippen MR) is 170 cm³/mol. The number of hydrogen-bond donors (Lipinski definition) is 0. The number of aromatic nitrogens is 3. The van der Waals surface area contributed by atoms with Crippen molar-refractivity contribution < 1.29 is 0 Å². The Hall–Kier alpha value is -5.28. The molecular formula is C39H25N3. The molecule has 7 aromatic rings. The highest BCUT2D eigenvalue weighted by atomic mass is 15.1. The van der Waals surface area contributed by atoms with E-state index in [4.69, 9.17) is 9.97 Å². The van der Waals surface area contributed by atoms with Gasteiger partial charge in [0.25, 0.3) is 0 Å². The maximum absolute atomic E-state index is 5.33. The number of benzene rings is 4. The third-order valence-electron chi connectivity index (χ3n) is 9.77. The normalized spacial score (nSPS) is 15.0. The first-order valence-electron chi connectivity index (χ1n) is 14.7. The van der Waals surface area contributed by atoms with Crippen molar-refractivity contribution in [3.8, 4) is 28.2 Å². The molecular weight excluding hydrogens is 510 g/mol. The summed E-state index contributed by atoms with van der Waals surface area (Å²) in [5, 5.41) is 3.67. The highest BCUT2D eigenvalue weighted by Gasteiger charge is 2.53. The molecule has 0 unspecified atom stereocenters. The van der Waals surface area contributed by atoms with Crippen LogP contribution >= 0.6 is 0 Å². The SMILES string of the molecule is C1=Cc2c(c3c4c(ncc3n2-c2nccc3ccccc23)-c2ccccc2C42c3ccccc3-c3ccccc32)CC1. The minimum atomic E-state index is -0.432. The molecule has 3 heterocycles. The molecule has 0 atom stereocenters. The quantitative estimate of drug-likeness (QED) is 0.210. The smallest absolute Gasteiger partial charge is 0.145 e. The molecule has 0 aliphatic heterocycles. The van der Waals surface area contributed by atoms with Crippen LogP contribution in [-0.4, -0.2) is 14.5 Å². The Morgan fingerprint density at radius 2 is 1.33 bits per heavy atom. The molecule has 0 N–H and O–H groups in total. The molecule has 0 amide bonds. The lowest BCUT2D eigenvalue weighted by molar-refractivity contribution is 0.798. The topological polar surface area (TPSA) is 30.7 Å². The summed E-state index contributed by atoms with van der Waals surface area (Å²) in [6.07, 6.45) is 10.7. The fourth-order valence-corrected chi connectivity index (χ4v) is 8.25. The molecule has 3 aliphatic carbocycles. The van der Waals surface area contributed by atoms with Crippen LogP contribution in [0.4, 0.5) is 0 Å². The Morgan fingerprint density at radius 3 is 2.12 bits per heavy atom. The van der Waals surface area contributed by atoms with E-state index in [9.17, 15) is 0 Å². The summed E-state index contributed by atoms with van der Waals surface area (Å²) in [6, 6.07) is 37.6. The predicted octanol–water partition coefficient (Wildman–Crippen LogP) is 8.88. The molecule has 10 rings (SSSR count). The summed E-state index contributed by atoms with van der Waals surface area (Å²) in [5.41, 5.74) is 13.6. The van der Waals surface area contributed by atoms with Crippen molar-refractivity contribution in [2.45, 2.75) is 18.3 Å². The van der Waals surface area contributed by atoms with E-state index < -0.39 is 5.41 Å². The Kier molecular flexibility index (Phi) is 4.23. The number of fused-ring (bicyclic) bond motifs is 15. The second-order valence-electron chi connectivity index (χ2n) is 11.6. The first-order chi connectivity index (χ1) is 20.9. The zero-order valence-electron chi connectivity index (χ0n) is 22.9. The van der Waals surface area contributed by atoms with Crippen LogP contribution in [-0.2, 0) is 11.8 Å². The van der Waals surface area contributed by atoms with Gasteiger partial charge in [-0.1, -0.05) is 103 Å². The van der Waals surface area contributed by atoms with Crippen LogP contribution in [0.15, 0.2) is 122 Å². The van der Waals surface area contributed by atoms with Crippen LogP contribution in [0.3, 0.4) is 0 Å². The van der Waals surface area contributed by atoms with E-state index in [0.29, 0.717) is 0 Å². The molecule has 0 radical (unpaired) electrons. The Balaban J connectivity index is 1.43. The van der Waals surface area contributed by atoms with Gasteiger partial charge in [0.05, 0.1) is 28.5 Å². The molecule has 196 valence electrons. The molecule has 42 heavy (non-hydrogen) atoms. The maximum atomic E-state index is 5.33. The van der Waals surface area contributed by atoms with Gasteiger partial charge in [0.2, 0.25) is 0 Å². The number of pyridine rings is 2.